The van der Waals surface area contributed by atoms with Gasteiger partial charge in [-0.15, -0.1) is 0 Å². The van der Waals surface area contributed by atoms with E-state index >= 15 is 0 Å². The van der Waals surface area contributed by atoms with Gasteiger partial charge in [-0.2, -0.15) is 0 Å². The van der Waals surface area contributed by atoms with Crippen LogP contribution < -0.4 is 4.74 Å². The van der Waals surface area contributed by atoms with E-state index in [9.17, 15) is 15.0 Å². The molecule has 1 amide bonds. The Morgan fingerprint density at radius 1 is 0.971 bits per heavy atom. The number of ether oxygens (including phenoxy) is 2. The van der Waals surface area contributed by atoms with Crippen molar-refractivity contribution >= 4 is 6.09 Å². The van der Waals surface area contributed by atoms with Crippen LogP contribution in [0.5, 0.6) is 17.8 Å². The first-order valence-corrected chi connectivity index (χ1v) is 11.8. The number of aromatic hydroxyl groups is 2. The predicted octanol–water partition coefficient (Wildman–Crippen LogP) is 4.43. The lowest BCUT2D eigenvalue weighted by Gasteiger charge is -2.33. The van der Waals surface area contributed by atoms with Crippen LogP contribution in [-0.4, -0.2) is 61.0 Å². The third-order valence-electron chi connectivity index (χ3n) is 5.91. The molecule has 1 saturated heterocycles. The third kappa shape index (κ3) is 6.44. The first-order chi connectivity index (χ1) is 16.7. The number of hydrogen-bond donors (Lipinski definition) is 2. The molecular weight excluding hydrogens is 448 g/mol. The summed E-state index contributed by atoms with van der Waals surface area (Å²) in [4.78, 5) is 22.6. The molecule has 9 nitrogen and oxygen atoms in total. The van der Waals surface area contributed by atoms with Crippen molar-refractivity contribution in [3.05, 3.63) is 54.4 Å². The van der Waals surface area contributed by atoms with Crippen molar-refractivity contribution in [1.29, 1.82) is 0 Å². The van der Waals surface area contributed by atoms with E-state index in [4.69, 9.17) is 9.47 Å². The lowest BCUT2D eigenvalue weighted by molar-refractivity contribution is 0.0163. The quantitative estimate of drug-likeness (QED) is 0.537. The summed E-state index contributed by atoms with van der Waals surface area (Å²) in [5, 5.41) is 19.6. The maximum atomic E-state index is 12.2. The third-order valence-corrected chi connectivity index (χ3v) is 5.91. The molecule has 1 aliphatic rings. The fourth-order valence-electron chi connectivity index (χ4n) is 3.93. The van der Waals surface area contributed by atoms with Gasteiger partial charge in [0, 0.05) is 43.2 Å². The highest BCUT2D eigenvalue weighted by Gasteiger charge is 2.27. The molecule has 186 valence electrons. The van der Waals surface area contributed by atoms with Crippen molar-refractivity contribution in [2.75, 3.05) is 19.7 Å². The van der Waals surface area contributed by atoms with Crippen LogP contribution in [-0.2, 0) is 11.3 Å². The molecule has 0 saturated carbocycles. The molecular formula is C26H32N4O5. The standard InChI is InChI=1S/C26H32N4O5/c1-26(2,3)35-25(33)29-12-10-19(11-13-29)17-34-24-27-14-21(15-28-24)20-6-4-18(5-7-20)16-30-22(31)8-9-23(30)32/h4-9,14-15,19,31-32H,10-13,16-17H2,1-3H3. The summed E-state index contributed by atoms with van der Waals surface area (Å²) in [6.07, 6.45) is 4.90. The Labute approximate surface area is 205 Å². The van der Waals surface area contributed by atoms with Gasteiger partial charge in [0.1, 0.15) is 5.60 Å². The zero-order valence-electron chi connectivity index (χ0n) is 20.3. The number of amides is 1. The number of carbonyl (C=O) groups excluding carboxylic acids is 1. The number of hydrogen-bond acceptors (Lipinski definition) is 7. The van der Waals surface area contributed by atoms with E-state index in [-0.39, 0.29) is 17.9 Å². The molecule has 3 heterocycles. The number of carbonyl (C=O) groups is 1. The topological polar surface area (TPSA) is 110 Å². The molecule has 35 heavy (non-hydrogen) atoms. The number of benzene rings is 1. The number of nitrogens with zero attached hydrogens (tertiary/aromatic N) is 4. The molecule has 0 bridgehead atoms. The van der Waals surface area contributed by atoms with Crippen LogP contribution in [0.4, 0.5) is 4.79 Å². The van der Waals surface area contributed by atoms with Gasteiger partial charge in [0.25, 0.3) is 0 Å². The van der Waals surface area contributed by atoms with E-state index in [0.29, 0.717) is 38.2 Å². The first-order valence-electron chi connectivity index (χ1n) is 11.8. The summed E-state index contributed by atoms with van der Waals surface area (Å²) in [6.45, 7) is 7.80. The van der Waals surface area contributed by atoms with Crippen molar-refractivity contribution in [1.82, 2.24) is 19.4 Å². The van der Waals surface area contributed by atoms with Crippen molar-refractivity contribution in [3.63, 3.8) is 0 Å². The van der Waals surface area contributed by atoms with E-state index in [1.165, 1.54) is 16.7 Å². The summed E-state index contributed by atoms with van der Waals surface area (Å²) >= 11 is 0. The van der Waals surface area contributed by atoms with Gasteiger partial charge in [-0.05, 0) is 50.7 Å². The maximum absolute atomic E-state index is 12.2. The van der Waals surface area contributed by atoms with Gasteiger partial charge in [0.05, 0.1) is 13.2 Å². The molecule has 0 radical (unpaired) electrons. The molecule has 1 aromatic carbocycles. The molecule has 1 aliphatic heterocycles. The van der Waals surface area contributed by atoms with Crippen LogP contribution in [0.1, 0.15) is 39.2 Å². The molecule has 2 aromatic heterocycles. The molecule has 0 unspecified atom stereocenters. The number of aromatic nitrogens is 3. The average molecular weight is 481 g/mol. The van der Waals surface area contributed by atoms with Crippen molar-refractivity contribution in [2.24, 2.45) is 5.92 Å². The van der Waals surface area contributed by atoms with E-state index in [2.05, 4.69) is 9.97 Å². The molecule has 0 aliphatic carbocycles. The van der Waals surface area contributed by atoms with Crippen molar-refractivity contribution in [2.45, 2.75) is 45.8 Å². The normalized spacial score (nSPS) is 14.7. The summed E-state index contributed by atoms with van der Waals surface area (Å²) in [5.74, 6) is 0.372. The zero-order valence-corrected chi connectivity index (χ0v) is 20.3. The SMILES string of the molecule is CC(C)(C)OC(=O)N1CCC(COc2ncc(-c3ccc(Cn4c(O)ccc4O)cc3)cn2)CC1. The van der Waals surface area contributed by atoms with Gasteiger partial charge in [0.15, 0.2) is 11.8 Å². The van der Waals surface area contributed by atoms with Gasteiger partial charge >= 0.3 is 12.1 Å². The Hall–Kier alpha value is -3.75. The summed E-state index contributed by atoms with van der Waals surface area (Å²) in [7, 11) is 0. The van der Waals surface area contributed by atoms with Gasteiger partial charge in [-0.3, -0.25) is 4.57 Å². The second-order valence-electron chi connectivity index (χ2n) is 9.81. The predicted molar refractivity (Wildman–Crippen MR) is 130 cm³/mol. The molecule has 1 fully saturated rings. The van der Waals surface area contributed by atoms with Crippen LogP contribution >= 0.6 is 0 Å². The Bertz CT molecular complexity index is 1110. The Balaban J connectivity index is 1.25. The molecule has 0 atom stereocenters. The van der Waals surface area contributed by atoms with Gasteiger partial charge in [-0.1, -0.05) is 24.3 Å². The van der Waals surface area contributed by atoms with Gasteiger partial charge < -0.3 is 24.6 Å². The highest BCUT2D eigenvalue weighted by molar-refractivity contribution is 5.68. The largest absolute Gasteiger partial charge is 0.494 e. The highest BCUT2D eigenvalue weighted by Crippen LogP contribution is 2.25. The molecule has 3 aromatic rings. The maximum Gasteiger partial charge on any atom is 0.410 e. The minimum atomic E-state index is -0.487. The molecule has 0 spiro atoms. The lowest BCUT2D eigenvalue weighted by Crippen LogP contribution is -2.42. The summed E-state index contributed by atoms with van der Waals surface area (Å²) in [6, 6.07) is 11.0. The van der Waals surface area contributed by atoms with Crippen molar-refractivity contribution < 1.29 is 24.5 Å². The number of rotatable bonds is 6. The highest BCUT2D eigenvalue weighted by atomic mass is 16.6. The van der Waals surface area contributed by atoms with E-state index in [1.807, 2.05) is 45.0 Å². The van der Waals surface area contributed by atoms with E-state index < -0.39 is 5.60 Å². The van der Waals surface area contributed by atoms with Crippen LogP contribution in [0, 0.1) is 5.92 Å². The number of likely N-dealkylation sites (tertiary alicyclic amines) is 1. The summed E-state index contributed by atoms with van der Waals surface area (Å²) in [5.41, 5.74) is 2.27. The minimum Gasteiger partial charge on any atom is -0.494 e. The van der Waals surface area contributed by atoms with Gasteiger partial charge in [0.2, 0.25) is 0 Å². The fourth-order valence-corrected chi connectivity index (χ4v) is 3.93. The minimum absolute atomic E-state index is 0.0177. The molecule has 9 heteroatoms. The smallest absolute Gasteiger partial charge is 0.410 e. The lowest BCUT2D eigenvalue weighted by atomic mass is 9.98. The Morgan fingerprint density at radius 2 is 1.57 bits per heavy atom. The second kappa shape index (κ2) is 10.2. The van der Waals surface area contributed by atoms with Crippen LogP contribution in [0.25, 0.3) is 11.1 Å². The van der Waals surface area contributed by atoms with E-state index in [1.54, 1.807) is 17.3 Å². The van der Waals surface area contributed by atoms with Crippen LogP contribution in [0.2, 0.25) is 0 Å². The van der Waals surface area contributed by atoms with Gasteiger partial charge in [-0.25, -0.2) is 14.8 Å². The molecule has 4 rings (SSSR count). The van der Waals surface area contributed by atoms with Crippen LogP contribution in [0.3, 0.4) is 0 Å². The average Bonchev–Trinajstić information content (AvgIpc) is 3.15. The second-order valence-corrected chi connectivity index (χ2v) is 9.81. The molecule has 2 N–H and O–H groups in total. The van der Waals surface area contributed by atoms with Crippen molar-refractivity contribution in [3.8, 4) is 28.9 Å². The number of piperidine rings is 1. The van der Waals surface area contributed by atoms with E-state index in [0.717, 1.165) is 29.5 Å². The first kappa shape index (κ1) is 24.4. The summed E-state index contributed by atoms with van der Waals surface area (Å²) < 4.78 is 12.7. The Kier molecular flexibility index (Phi) is 7.14. The monoisotopic (exact) mass is 480 g/mol. The zero-order chi connectivity index (χ0) is 25.0. The Morgan fingerprint density at radius 3 is 2.14 bits per heavy atom. The fraction of sp³-hybridized carbons (Fsp3) is 0.423. The van der Waals surface area contributed by atoms with Crippen LogP contribution in [0.15, 0.2) is 48.8 Å².